The quantitative estimate of drug-likeness (QED) is 0.581. The lowest BCUT2D eigenvalue weighted by Crippen LogP contribution is -2.37. The van der Waals surface area contributed by atoms with E-state index >= 15 is 0 Å². The molecule has 62 valence electrons. The molecule has 2 nitrogen and oxygen atoms in total. The summed E-state index contributed by atoms with van der Waals surface area (Å²) < 4.78 is 0. The molecule has 0 aromatic rings. The summed E-state index contributed by atoms with van der Waals surface area (Å²) in [5.41, 5.74) is 0. The standard InChI is InChI=1S/C8H20N2/c1-4-6-8(7-9-3)10-5-2/h8-10H,4-7H2,1-3H3. The summed E-state index contributed by atoms with van der Waals surface area (Å²) in [6, 6.07) is 0.667. The average Bonchev–Trinajstić information content (AvgIpc) is 1.90. The van der Waals surface area contributed by atoms with Gasteiger partial charge in [-0.15, -0.1) is 0 Å². The van der Waals surface area contributed by atoms with Gasteiger partial charge in [0.05, 0.1) is 0 Å². The largest absolute Gasteiger partial charge is 0.318 e. The Bertz CT molecular complexity index is 50.0. The maximum absolute atomic E-state index is 3.42. The molecule has 0 saturated heterocycles. The van der Waals surface area contributed by atoms with Crippen molar-refractivity contribution in [1.29, 1.82) is 0 Å². The van der Waals surface area contributed by atoms with Crippen LogP contribution < -0.4 is 10.6 Å². The maximum Gasteiger partial charge on any atom is 0.0192 e. The van der Waals surface area contributed by atoms with E-state index in [4.69, 9.17) is 0 Å². The summed E-state index contributed by atoms with van der Waals surface area (Å²) in [6.07, 6.45) is 2.54. The van der Waals surface area contributed by atoms with Gasteiger partial charge in [-0.05, 0) is 20.0 Å². The first-order valence-electron chi connectivity index (χ1n) is 4.23. The lowest BCUT2D eigenvalue weighted by molar-refractivity contribution is 0.470. The third-order valence-corrected chi connectivity index (χ3v) is 1.58. The van der Waals surface area contributed by atoms with Gasteiger partial charge in [0.15, 0.2) is 0 Å². The first-order valence-corrected chi connectivity index (χ1v) is 4.23. The van der Waals surface area contributed by atoms with E-state index in [1.165, 1.54) is 12.8 Å². The number of nitrogens with one attached hydrogen (secondary N) is 2. The highest BCUT2D eigenvalue weighted by molar-refractivity contribution is 4.66. The zero-order valence-electron chi connectivity index (χ0n) is 7.41. The van der Waals surface area contributed by atoms with Crippen LogP contribution in [0.25, 0.3) is 0 Å². The number of hydrogen-bond donors (Lipinski definition) is 2. The summed E-state index contributed by atoms with van der Waals surface area (Å²) >= 11 is 0. The molecule has 2 heteroatoms. The van der Waals surface area contributed by atoms with Gasteiger partial charge in [-0.25, -0.2) is 0 Å². The molecule has 0 aliphatic carbocycles. The lowest BCUT2D eigenvalue weighted by atomic mass is 10.1. The fourth-order valence-corrected chi connectivity index (χ4v) is 1.16. The first kappa shape index (κ1) is 9.92. The summed E-state index contributed by atoms with van der Waals surface area (Å²) in [5.74, 6) is 0. The third-order valence-electron chi connectivity index (χ3n) is 1.58. The van der Waals surface area contributed by atoms with Crippen LogP contribution in [-0.4, -0.2) is 26.2 Å². The van der Waals surface area contributed by atoms with Crippen molar-refractivity contribution in [3.63, 3.8) is 0 Å². The van der Waals surface area contributed by atoms with Crippen molar-refractivity contribution in [2.75, 3.05) is 20.1 Å². The average molecular weight is 144 g/mol. The molecule has 0 spiro atoms. The van der Waals surface area contributed by atoms with Crippen LogP contribution in [0.3, 0.4) is 0 Å². The molecule has 0 rings (SSSR count). The van der Waals surface area contributed by atoms with Crippen LogP contribution in [0.5, 0.6) is 0 Å². The molecule has 0 radical (unpaired) electrons. The Morgan fingerprint density at radius 2 is 2.00 bits per heavy atom. The van der Waals surface area contributed by atoms with Gasteiger partial charge in [0.2, 0.25) is 0 Å². The minimum atomic E-state index is 0.667. The fraction of sp³-hybridized carbons (Fsp3) is 1.00. The fourth-order valence-electron chi connectivity index (χ4n) is 1.16. The van der Waals surface area contributed by atoms with Crippen molar-refractivity contribution < 1.29 is 0 Å². The van der Waals surface area contributed by atoms with Gasteiger partial charge in [-0.1, -0.05) is 20.3 Å². The van der Waals surface area contributed by atoms with Gasteiger partial charge in [0.25, 0.3) is 0 Å². The van der Waals surface area contributed by atoms with Crippen molar-refractivity contribution in [2.24, 2.45) is 0 Å². The summed E-state index contributed by atoms with van der Waals surface area (Å²) in [7, 11) is 2.00. The lowest BCUT2D eigenvalue weighted by Gasteiger charge is -2.15. The molecule has 0 bridgehead atoms. The molecule has 0 aromatic carbocycles. The van der Waals surface area contributed by atoms with E-state index in [0.29, 0.717) is 6.04 Å². The van der Waals surface area contributed by atoms with Gasteiger partial charge in [-0.3, -0.25) is 0 Å². The Kier molecular flexibility index (Phi) is 6.98. The first-order chi connectivity index (χ1) is 4.85. The molecule has 10 heavy (non-hydrogen) atoms. The number of hydrogen-bond acceptors (Lipinski definition) is 2. The summed E-state index contributed by atoms with van der Waals surface area (Å²) in [6.45, 7) is 6.53. The minimum absolute atomic E-state index is 0.667. The molecule has 1 unspecified atom stereocenters. The second-order valence-corrected chi connectivity index (χ2v) is 2.60. The van der Waals surface area contributed by atoms with Gasteiger partial charge in [-0.2, -0.15) is 0 Å². The van der Waals surface area contributed by atoms with Crippen molar-refractivity contribution >= 4 is 0 Å². The van der Waals surface area contributed by atoms with Crippen LogP contribution in [0.4, 0.5) is 0 Å². The van der Waals surface area contributed by atoms with E-state index < -0.39 is 0 Å². The van der Waals surface area contributed by atoms with Gasteiger partial charge >= 0.3 is 0 Å². The molecule has 0 fully saturated rings. The smallest absolute Gasteiger partial charge is 0.0192 e. The zero-order valence-corrected chi connectivity index (χ0v) is 7.41. The molecule has 0 aliphatic heterocycles. The topological polar surface area (TPSA) is 24.1 Å². The van der Waals surface area contributed by atoms with Crippen molar-refractivity contribution in [2.45, 2.75) is 32.7 Å². The molecule has 0 heterocycles. The van der Waals surface area contributed by atoms with Crippen LogP contribution in [-0.2, 0) is 0 Å². The van der Waals surface area contributed by atoms with Crippen molar-refractivity contribution in [1.82, 2.24) is 10.6 Å². The molecule has 2 N–H and O–H groups in total. The van der Waals surface area contributed by atoms with E-state index in [1.807, 2.05) is 7.05 Å². The van der Waals surface area contributed by atoms with Gasteiger partial charge in [0, 0.05) is 12.6 Å². The van der Waals surface area contributed by atoms with E-state index in [-0.39, 0.29) is 0 Å². The molecule has 1 atom stereocenters. The van der Waals surface area contributed by atoms with Gasteiger partial charge < -0.3 is 10.6 Å². The molecule has 0 amide bonds. The van der Waals surface area contributed by atoms with E-state index in [1.54, 1.807) is 0 Å². The van der Waals surface area contributed by atoms with Gasteiger partial charge in [0.1, 0.15) is 0 Å². The molecule has 0 aromatic heterocycles. The minimum Gasteiger partial charge on any atom is -0.318 e. The van der Waals surface area contributed by atoms with E-state index in [9.17, 15) is 0 Å². The number of rotatable bonds is 6. The second kappa shape index (κ2) is 7.03. The SMILES string of the molecule is CCCC(CNC)NCC. The van der Waals surface area contributed by atoms with Crippen molar-refractivity contribution in [3.8, 4) is 0 Å². The predicted octanol–water partition coefficient (Wildman–Crippen LogP) is 0.984. The Balaban J connectivity index is 3.30. The molecule has 0 saturated carbocycles. The number of likely N-dealkylation sites (N-methyl/N-ethyl adjacent to an activating group) is 2. The molecule has 0 aliphatic rings. The second-order valence-electron chi connectivity index (χ2n) is 2.60. The van der Waals surface area contributed by atoms with Crippen LogP contribution >= 0.6 is 0 Å². The highest BCUT2D eigenvalue weighted by Gasteiger charge is 2.02. The van der Waals surface area contributed by atoms with Crippen LogP contribution in [0.1, 0.15) is 26.7 Å². The monoisotopic (exact) mass is 144 g/mol. The van der Waals surface area contributed by atoms with E-state index in [2.05, 4.69) is 24.5 Å². The zero-order chi connectivity index (χ0) is 7.82. The highest BCUT2D eigenvalue weighted by Crippen LogP contribution is 1.93. The molecular formula is C8H20N2. The molecular weight excluding hydrogens is 124 g/mol. The summed E-state index contributed by atoms with van der Waals surface area (Å²) in [5, 5.41) is 6.60. The Morgan fingerprint density at radius 1 is 1.30 bits per heavy atom. The maximum atomic E-state index is 3.42. The Morgan fingerprint density at radius 3 is 2.40 bits per heavy atom. The third kappa shape index (κ3) is 4.77. The van der Waals surface area contributed by atoms with Crippen LogP contribution in [0.15, 0.2) is 0 Å². The highest BCUT2D eigenvalue weighted by atomic mass is 15.0. The van der Waals surface area contributed by atoms with Crippen molar-refractivity contribution in [3.05, 3.63) is 0 Å². The Labute approximate surface area is 64.4 Å². The van der Waals surface area contributed by atoms with Crippen LogP contribution in [0.2, 0.25) is 0 Å². The Hall–Kier alpha value is -0.0800. The normalized spacial score (nSPS) is 13.5. The summed E-state index contributed by atoms with van der Waals surface area (Å²) in [4.78, 5) is 0. The van der Waals surface area contributed by atoms with E-state index in [0.717, 1.165) is 13.1 Å². The van der Waals surface area contributed by atoms with Crippen LogP contribution in [0, 0.1) is 0 Å². The predicted molar refractivity (Wildman–Crippen MR) is 46.3 cm³/mol.